The number of carbonyl (C=O) groups excluding carboxylic acids is 2. The second-order valence-corrected chi connectivity index (χ2v) is 8.66. The SMILES string of the molecule is CC(C)CCN1C[C@@]2(CCCN(C(=O)COc3cccc(F)c3)C2)CCC1=O. The minimum absolute atomic E-state index is 0.00233. The number of nitrogens with zero attached hydrogens (tertiary/aromatic N) is 2. The summed E-state index contributed by atoms with van der Waals surface area (Å²) in [6.07, 6.45) is 4.41. The monoisotopic (exact) mass is 390 g/mol. The van der Waals surface area contributed by atoms with E-state index in [1.807, 2.05) is 9.80 Å². The summed E-state index contributed by atoms with van der Waals surface area (Å²) in [6.45, 7) is 7.18. The Morgan fingerprint density at radius 1 is 1.29 bits per heavy atom. The Bertz CT molecular complexity index is 709. The minimum Gasteiger partial charge on any atom is -0.484 e. The van der Waals surface area contributed by atoms with Crippen molar-refractivity contribution in [1.82, 2.24) is 9.80 Å². The highest BCUT2D eigenvalue weighted by molar-refractivity contribution is 5.79. The maximum absolute atomic E-state index is 13.3. The van der Waals surface area contributed by atoms with Gasteiger partial charge < -0.3 is 14.5 Å². The van der Waals surface area contributed by atoms with Crippen LogP contribution in [0, 0.1) is 17.2 Å². The van der Waals surface area contributed by atoms with E-state index in [-0.39, 0.29) is 29.7 Å². The first-order valence-corrected chi connectivity index (χ1v) is 10.3. The molecule has 0 bridgehead atoms. The molecule has 2 heterocycles. The Kier molecular flexibility index (Phi) is 6.57. The summed E-state index contributed by atoms with van der Waals surface area (Å²) >= 11 is 0. The standard InChI is InChI=1S/C22H31FN2O3/c1-17(2)8-12-25-16-22(10-7-20(25)26)9-4-11-24(15-22)21(27)14-28-19-6-3-5-18(23)13-19/h3,5-6,13,17H,4,7-12,14-16H2,1-2H3/t22-/m0/s1. The fourth-order valence-electron chi connectivity index (χ4n) is 4.27. The van der Waals surface area contributed by atoms with E-state index in [1.54, 1.807) is 12.1 Å². The van der Waals surface area contributed by atoms with E-state index < -0.39 is 0 Å². The summed E-state index contributed by atoms with van der Waals surface area (Å²) in [6, 6.07) is 5.84. The molecule has 5 nitrogen and oxygen atoms in total. The molecule has 2 aliphatic heterocycles. The molecule has 0 unspecified atom stereocenters. The van der Waals surface area contributed by atoms with Crippen molar-refractivity contribution in [2.45, 2.75) is 46.0 Å². The highest BCUT2D eigenvalue weighted by atomic mass is 19.1. The summed E-state index contributed by atoms with van der Waals surface area (Å²) in [7, 11) is 0. The number of carbonyl (C=O) groups is 2. The Morgan fingerprint density at radius 2 is 2.11 bits per heavy atom. The Hall–Kier alpha value is -2.11. The van der Waals surface area contributed by atoms with E-state index in [0.717, 1.165) is 38.8 Å². The van der Waals surface area contributed by atoms with Gasteiger partial charge in [0.05, 0.1) is 0 Å². The Balaban J connectivity index is 1.57. The van der Waals surface area contributed by atoms with Crippen molar-refractivity contribution < 1.29 is 18.7 Å². The first kappa shape index (κ1) is 20.6. The normalized spacial score (nSPS) is 22.8. The maximum atomic E-state index is 13.3. The molecule has 0 N–H and O–H groups in total. The van der Waals surface area contributed by atoms with Crippen LogP contribution in [0.3, 0.4) is 0 Å². The zero-order chi connectivity index (χ0) is 20.1. The predicted octanol–water partition coefficient (Wildman–Crippen LogP) is 3.48. The van der Waals surface area contributed by atoms with Crippen LogP contribution in [-0.4, -0.2) is 54.4 Å². The molecule has 2 saturated heterocycles. The van der Waals surface area contributed by atoms with Crippen LogP contribution in [-0.2, 0) is 9.59 Å². The average Bonchev–Trinajstić information content (AvgIpc) is 2.67. The van der Waals surface area contributed by atoms with Crippen LogP contribution in [0.5, 0.6) is 5.75 Å². The fraction of sp³-hybridized carbons (Fsp3) is 0.636. The quantitative estimate of drug-likeness (QED) is 0.747. The van der Waals surface area contributed by atoms with Crippen molar-refractivity contribution in [2.24, 2.45) is 11.3 Å². The Labute approximate surface area is 166 Å². The van der Waals surface area contributed by atoms with Gasteiger partial charge in [0.1, 0.15) is 11.6 Å². The van der Waals surface area contributed by atoms with Crippen molar-refractivity contribution in [3.8, 4) is 5.75 Å². The van der Waals surface area contributed by atoms with Gasteiger partial charge in [0, 0.05) is 44.1 Å². The van der Waals surface area contributed by atoms with Gasteiger partial charge in [0.25, 0.3) is 5.91 Å². The summed E-state index contributed by atoms with van der Waals surface area (Å²) in [5.41, 5.74) is -0.00233. The first-order valence-electron chi connectivity index (χ1n) is 10.3. The van der Waals surface area contributed by atoms with Gasteiger partial charge >= 0.3 is 0 Å². The van der Waals surface area contributed by atoms with E-state index in [4.69, 9.17) is 4.74 Å². The number of likely N-dealkylation sites (tertiary alicyclic amines) is 2. The number of piperidine rings is 2. The molecule has 2 amide bonds. The topological polar surface area (TPSA) is 49.9 Å². The first-order chi connectivity index (χ1) is 13.4. The molecular formula is C22H31FN2O3. The lowest BCUT2D eigenvalue weighted by Crippen LogP contribution is -2.55. The van der Waals surface area contributed by atoms with Gasteiger partial charge in [-0.05, 0) is 43.7 Å². The molecule has 1 spiro atoms. The lowest BCUT2D eigenvalue weighted by atomic mass is 9.73. The third-order valence-corrected chi connectivity index (χ3v) is 5.90. The van der Waals surface area contributed by atoms with Crippen molar-refractivity contribution in [3.05, 3.63) is 30.1 Å². The summed E-state index contributed by atoms with van der Waals surface area (Å²) < 4.78 is 18.7. The van der Waals surface area contributed by atoms with Crippen LogP contribution in [0.15, 0.2) is 24.3 Å². The highest BCUT2D eigenvalue weighted by Gasteiger charge is 2.42. The van der Waals surface area contributed by atoms with Gasteiger partial charge in [-0.25, -0.2) is 4.39 Å². The van der Waals surface area contributed by atoms with Crippen LogP contribution in [0.4, 0.5) is 4.39 Å². The van der Waals surface area contributed by atoms with E-state index in [0.29, 0.717) is 31.2 Å². The zero-order valence-corrected chi connectivity index (χ0v) is 17.0. The molecule has 6 heteroatoms. The van der Waals surface area contributed by atoms with E-state index >= 15 is 0 Å². The summed E-state index contributed by atoms with van der Waals surface area (Å²) in [5.74, 6) is 0.714. The van der Waals surface area contributed by atoms with E-state index in [1.165, 1.54) is 12.1 Å². The van der Waals surface area contributed by atoms with Crippen LogP contribution in [0.25, 0.3) is 0 Å². The van der Waals surface area contributed by atoms with Crippen molar-refractivity contribution >= 4 is 11.8 Å². The van der Waals surface area contributed by atoms with Crippen molar-refractivity contribution in [2.75, 3.05) is 32.8 Å². The molecule has 1 aromatic rings. The number of benzene rings is 1. The summed E-state index contributed by atoms with van der Waals surface area (Å²) in [5, 5.41) is 0. The highest BCUT2D eigenvalue weighted by Crippen LogP contribution is 2.39. The van der Waals surface area contributed by atoms with Gasteiger partial charge in [0.2, 0.25) is 5.91 Å². The number of halogens is 1. The van der Waals surface area contributed by atoms with E-state index in [2.05, 4.69) is 13.8 Å². The molecule has 2 aliphatic rings. The zero-order valence-electron chi connectivity index (χ0n) is 17.0. The van der Waals surface area contributed by atoms with Crippen molar-refractivity contribution in [3.63, 3.8) is 0 Å². The smallest absolute Gasteiger partial charge is 0.260 e. The average molecular weight is 390 g/mol. The molecule has 0 saturated carbocycles. The van der Waals surface area contributed by atoms with Gasteiger partial charge in [-0.15, -0.1) is 0 Å². The van der Waals surface area contributed by atoms with Crippen LogP contribution >= 0.6 is 0 Å². The summed E-state index contributed by atoms with van der Waals surface area (Å²) in [4.78, 5) is 28.9. The molecule has 0 aliphatic carbocycles. The molecule has 1 aromatic carbocycles. The number of rotatable bonds is 6. The van der Waals surface area contributed by atoms with Crippen LogP contribution < -0.4 is 4.74 Å². The third kappa shape index (κ3) is 5.24. The van der Waals surface area contributed by atoms with Gasteiger partial charge in [-0.2, -0.15) is 0 Å². The van der Waals surface area contributed by atoms with Gasteiger partial charge in [0.15, 0.2) is 6.61 Å². The Morgan fingerprint density at radius 3 is 2.86 bits per heavy atom. The predicted molar refractivity (Wildman–Crippen MR) is 105 cm³/mol. The van der Waals surface area contributed by atoms with E-state index in [9.17, 15) is 14.0 Å². The molecule has 3 rings (SSSR count). The van der Waals surface area contributed by atoms with Gasteiger partial charge in [-0.1, -0.05) is 19.9 Å². The second-order valence-electron chi connectivity index (χ2n) is 8.66. The number of ether oxygens (including phenoxy) is 1. The molecule has 2 fully saturated rings. The van der Waals surface area contributed by atoms with Crippen LogP contribution in [0.2, 0.25) is 0 Å². The molecule has 0 aromatic heterocycles. The number of hydrogen-bond donors (Lipinski definition) is 0. The second kappa shape index (κ2) is 8.93. The fourth-order valence-corrected chi connectivity index (χ4v) is 4.27. The molecule has 0 radical (unpaired) electrons. The minimum atomic E-state index is -0.379. The largest absolute Gasteiger partial charge is 0.484 e. The van der Waals surface area contributed by atoms with Crippen LogP contribution in [0.1, 0.15) is 46.0 Å². The van der Waals surface area contributed by atoms with Gasteiger partial charge in [-0.3, -0.25) is 9.59 Å². The molecular weight excluding hydrogens is 359 g/mol. The number of hydrogen-bond acceptors (Lipinski definition) is 3. The molecule has 1 atom stereocenters. The maximum Gasteiger partial charge on any atom is 0.260 e. The molecule has 28 heavy (non-hydrogen) atoms. The lowest BCUT2D eigenvalue weighted by Gasteiger charge is -2.48. The third-order valence-electron chi connectivity index (χ3n) is 5.90. The lowest BCUT2D eigenvalue weighted by molar-refractivity contribution is -0.144. The number of amides is 2. The van der Waals surface area contributed by atoms with Crippen molar-refractivity contribution in [1.29, 1.82) is 0 Å². The molecule has 154 valence electrons.